The molecule has 33 heavy (non-hydrogen) atoms. The summed E-state index contributed by atoms with van der Waals surface area (Å²) in [6.07, 6.45) is 0.983. The number of amides is 2. The van der Waals surface area contributed by atoms with E-state index in [2.05, 4.69) is 5.32 Å². The van der Waals surface area contributed by atoms with Gasteiger partial charge < -0.3 is 20.7 Å². The Morgan fingerprint density at radius 2 is 1.88 bits per heavy atom. The Kier molecular flexibility index (Phi) is 6.39. The number of nitrogens with one attached hydrogen (secondary N) is 1. The number of rotatable bonds is 6. The molecule has 2 aliphatic heterocycles. The molecule has 178 valence electrons. The molecular formula is C23H30N4O5S. The van der Waals surface area contributed by atoms with Crippen LogP contribution < -0.4 is 11.1 Å². The molecule has 9 nitrogen and oxygen atoms in total. The monoisotopic (exact) mass is 474 g/mol. The van der Waals surface area contributed by atoms with Crippen LogP contribution in [0.5, 0.6) is 0 Å². The van der Waals surface area contributed by atoms with Gasteiger partial charge in [-0.05, 0) is 31.6 Å². The Morgan fingerprint density at radius 3 is 2.55 bits per heavy atom. The van der Waals surface area contributed by atoms with Crippen molar-refractivity contribution < 1.29 is 23.8 Å². The Balaban J connectivity index is 1.65. The Labute approximate surface area is 194 Å². The van der Waals surface area contributed by atoms with Crippen molar-refractivity contribution >= 4 is 39.7 Å². The van der Waals surface area contributed by atoms with Crippen LogP contribution in [0, 0.1) is 13.8 Å². The van der Waals surface area contributed by atoms with E-state index in [1.54, 1.807) is 19.9 Å². The van der Waals surface area contributed by atoms with Crippen LogP contribution in [0.2, 0.25) is 0 Å². The van der Waals surface area contributed by atoms with E-state index >= 15 is 0 Å². The second-order valence-corrected chi connectivity index (χ2v) is 11.1. The number of aliphatic hydroxyl groups excluding tert-OH is 1. The van der Waals surface area contributed by atoms with Crippen LogP contribution in [0.3, 0.4) is 0 Å². The van der Waals surface area contributed by atoms with Crippen molar-refractivity contribution in [1.29, 1.82) is 0 Å². The zero-order valence-corrected chi connectivity index (χ0v) is 19.6. The van der Waals surface area contributed by atoms with Gasteiger partial charge in [-0.3, -0.25) is 23.6 Å². The highest BCUT2D eigenvalue weighted by atomic mass is 32.3. The number of hydrogen-bond donors (Lipinski definition) is 5. The topological polar surface area (TPSA) is 141 Å². The van der Waals surface area contributed by atoms with E-state index in [0.29, 0.717) is 59.2 Å². The largest absolute Gasteiger partial charge is 0.390 e. The predicted molar refractivity (Wildman–Crippen MR) is 130 cm³/mol. The molecule has 1 unspecified atom stereocenters. The molecule has 1 atom stereocenters. The van der Waals surface area contributed by atoms with E-state index in [0.717, 1.165) is 11.3 Å². The van der Waals surface area contributed by atoms with Crippen LogP contribution in [0.4, 0.5) is 5.69 Å². The summed E-state index contributed by atoms with van der Waals surface area (Å²) in [5.74, 6) is -0.178. The van der Waals surface area contributed by atoms with Crippen molar-refractivity contribution in [1.82, 2.24) is 9.47 Å². The lowest BCUT2D eigenvalue weighted by Gasteiger charge is -2.41. The molecule has 0 aliphatic carbocycles. The molecule has 1 fully saturated rings. The van der Waals surface area contributed by atoms with E-state index < -0.39 is 22.6 Å². The van der Waals surface area contributed by atoms with Crippen molar-refractivity contribution in [2.24, 2.45) is 5.73 Å². The van der Waals surface area contributed by atoms with Crippen LogP contribution in [0.25, 0.3) is 11.6 Å². The number of carbonyl (C=O) groups is 2. The fourth-order valence-corrected chi connectivity index (χ4v) is 5.94. The summed E-state index contributed by atoms with van der Waals surface area (Å²) >= 11 is 0. The predicted octanol–water partition coefficient (Wildman–Crippen LogP) is 2.12. The summed E-state index contributed by atoms with van der Waals surface area (Å²) in [6, 6.07) is 7.40. The number of fused-ring (bicyclic) bond motifs is 1. The Morgan fingerprint density at radius 1 is 1.21 bits per heavy atom. The molecule has 2 aromatic rings. The quantitative estimate of drug-likeness (QED) is 0.406. The van der Waals surface area contributed by atoms with Crippen LogP contribution in [-0.2, 0) is 11.3 Å². The normalized spacial score (nSPS) is 21.0. The fourth-order valence-electron chi connectivity index (χ4n) is 4.63. The van der Waals surface area contributed by atoms with Crippen molar-refractivity contribution in [3.63, 3.8) is 0 Å². The molecule has 6 N–H and O–H groups in total. The first-order valence-electron chi connectivity index (χ1n) is 10.8. The molecule has 0 saturated carbocycles. The molecule has 3 heterocycles. The van der Waals surface area contributed by atoms with Crippen molar-refractivity contribution in [3.05, 3.63) is 52.3 Å². The summed E-state index contributed by atoms with van der Waals surface area (Å²) in [5.41, 5.74) is 9.96. The SMILES string of the molecule is Cc1c(C(N)=O)c(C)n(CC(O)CN2CCS(O)(O)CC2)c1/C=C1\C(=O)Nc2ccccc21. The fraction of sp³-hybridized carbons (Fsp3) is 0.391. The number of carbonyl (C=O) groups excluding carboxylic acids is 2. The second-order valence-electron chi connectivity index (χ2n) is 8.67. The van der Waals surface area contributed by atoms with E-state index in [4.69, 9.17) is 5.73 Å². The lowest BCUT2D eigenvalue weighted by molar-refractivity contribution is -0.110. The number of primary amides is 1. The third-order valence-corrected chi connectivity index (χ3v) is 8.06. The summed E-state index contributed by atoms with van der Waals surface area (Å²) in [5, 5.41) is 13.7. The standard InChI is InChI=1S/C23H30N4O5S/c1-14-20(11-18-17-5-3-4-6-19(17)25-23(18)30)27(15(2)21(14)22(24)29)13-16(28)12-26-7-9-33(31,32)10-8-26/h3-6,11,16,28,31-32H,7-10,12-13H2,1-2H3,(H2,24,29)(H,25,30)/b18-11-. The van der Waals surface area contributed by atoms with Gasteiger partial charge in [-0.15, -0.1) is 0 Å². The van der Waals surface area contributed by atoms with Gasteiger partial charge >= 0.3 is 0 Å². The number of anilines is 1. The molecule has 1 aromatic heterocycles. The molecule has 10 heteroatoms. The van der Waals surface area contributed by atoms with E-state index in [1.165, 1.54) is 0 Å². The van der Waals surface area contributed by atoms with Gasteiger partial charge in [-0.1, -0.05) is 18.2 Å². The minimum atomic E-state index is -2.50. The number of aliphatic hydroxyl groups is 1. The second kappa shape index (κ2) is 8.96. The Hall–Kier alpha value is -2.63. The molecule has 2 aliphatic rings. The molecule has 0 radical (unpaired) electrons. The summed E-state index contributed by atoms with van der Waals surface area (Å²) in [7, 11) is -2.50. The molecule has 0 spiro atoms. The highest BCUT2D eigenvalue weighted by Crippen LogP contribution is 2.40. The van der Waals surface area contributed by atoms with Crippen LogP contribution in [-0.4, -0.2) is 72.7 Å². The van der Waals surface area contributed by atoms with Gasteiger partial charge in [-0.25, -0.2) is 0 Å². The number of aromatic nitrogens is 1. The third kappa shape index (κ3) is 4.71. The molecule has 1 aromatic carbocycles. The van der Waals surface area contributed by atoms with Gasteiger partial charge in [0.05, 0.1) is 35.3 Å². The van der Waals surface area contributed by atoms with Gasteiger partial charge in [0.1, 0.15) is 0 Å². The number of benzene rings is 1. The van der Waals surface area contributed by atoms with Gasteiger partial charge in [0.15, 0.2) is 0 Å². The number of para-hydroxylation sites is 1. The van der Waals surface area contributed by atoms with Crippen LogP contribution >= 0.6 is 10.6 Å². The van der Waals surface area contributed by atoms with Crippen molar-refractivity contribution in [2.45, 2.75) is 26.5 Å². The van der Waals surface area contributed by atoms with Gasteiger partial charge in [0.25, 0.3) is 11.8 Å². The average molecular weight is 475 g/mol. The maximum absolute atomic E-state index is 12.6. The molecule has 4 rings (SSSR count). The lowest BCUT2D eigenvalue weighted by Crippen LogP contribution is -2.43. The first kappa shape index (κ1) is 23.5. The van der Waals surface area contributed by atoms with Gasteiger partial charge in [0.2, 0.25) is 0 Å². The summed E-state index contributed by atoms with van der Waals surface area (Å²) in [6.45, 7) is 5.14. The number of β-amino-alcohol motifs (C(OH)–C–C–N with tert-alkyl or cyclic N) is 1. The van der Waals surface area contributed by atoms with Crippen LogP contribution in [0.1, 0.15) is 32.9 Å². The molecule has 0 bridgehead atoms. The van der Waals surface area contributed by atoms with E-state index in [1.807, 2.05) is 33.7 Å². The first-order valence-corrected chi connectivity index (χ1v) is 12.7. The number of nitrogens with zero attached hydrogens (tertiary/aromatic N) is 2. The van der Waals surface area contributed by atoms with E-state index in [9.17, 15) is 23.8 Å². The van der Waals surface area contributed by atoms with Crippen LogP contribution in [0.15, 0.2) is 24.3 Å². The minimum absolute atomic E-state index is 0.203. The van der Waals surface area contributed by atoms with Crippen molar-refractivity contribution in [2.75, 3.05) is 36.5 Å². The van der Waals surface area contributed by atoms with E-state index in [-0.39, 0.29) is 12.5 Å². The maximum Gasteiger partial charge on any atom is 0.256 e. The highest BCUT2D eigenvalue weighted by molar-refractivity contribution is 8.24. The molecular weight excluding hydrogens is 444 g/mol. The first-order chi connectivity index (χ1) is 15.6. The summed E-state index contributed by atoms with van der Waals surface area (Å²) in [4.78, 5) is 26.8. The van der Waals surface area contributed by atoms with Crippen molar-refractivity contribution in [3.8, 4) is 0 Å². The average Bonchev–Trinajstić information content (AvgIpc) is 3.18. The summed E-state index contributed by atoms with van der Waals surface area (Å²) < 4.78 is 21.5. The maximum atomic E-state index is 12.6. The van der Waals surface area contributed by atoms with Gasteiger partial charge in [0, 0.05) is 42.3 Å². The molecule has 1 saturated heterocycles. The third-order valence-electron chi connectivity index (χ3n) is 6.39. The number of nitrogens with two attached hydrogens (primary N) is 1. The Bertz CT molecular complexity index is 1130. The minimum Gasteiger partial charge on any atom is -0.390 e. The molecule has 2 amide bonds. The zero-order valence-electron chi connectivity index (χ0n) is 18.7. The van der Waals surface area contributed by atoms with Gasteiger partial charge in [-0.2, -0.15) is 10.6 Å². The zero-order chi connectivity index (χ0) is 23.9. The lowest BCUT2D eigenvalue weighted by atomic mass is 10.0. The number of hydrogen-bond acceptors (Lipinski definition) is 6. The highest BCUT2D eigenvalue weighted by Gasteiger charge is 2.28. The smallest absolute Gasteiger partial charge is 0.256 e.